The maximum atomic E-state index is 12.7. The third-order valence-electron chi connectivity index (χ3n) is 6.70. The zero-order valence-corrected chi connectivity index (χ0v) is 19.6. The van der Waals surface area contributed by atoms with Crippen molar-refractivity contribution in [1.29, 1.82) is 5.26 Å². The normalized spacial score (nSPS) is 17.6. The summed E-state index contributed by atoms with van der Waals surface area (Å²) in [7, 11) is 2.15. The molecule has 0 aromatic heterocycles. The van der Waals surface area contributed by atoms with Gasteiger partial charge in [-0.25, -0.2) is 0 Å². The number of carbonyl (C=O) groups excluding carboxylic acids is 1. The summed E-state index contributed by atoms with van der Waals surface area (Å²) >= 11 is 0. The molecule has 1 heterocycles. The van der Waals surface area contributed by atoms with Gasteiger partial charge < -0.3 is 20.4 Å². The van der Waals surface area contributed by atoms with E-state index in [1.54, 1.807) is 0 Å². The molecule has 0 spiro atoms. The average Bonchev–Trinajstić information content (AvgIpc) is 2.85. The second-order valence-corrected chi connectivity index (χ2v) is 9.08. The Balaban J connectivity index is 1.35. The van der Waals surface area contributed by atoms with E-state index in [0.29, 0.717) is 0 Å². The van der Waals surface area contributed by atoms with Crippen molar-refractivity contribution in [3.63, 3.8) is 0 Å². The third kappa shape index (κ3) is 5.74. The minimum atomic E-state index is -0.371. The molecular formula is C27H33N5O. The number of amides is 1. The van der Waals surface area contributed by atoms with Crippen LogP contribution in [0.4, 0.5) is 11.4 Å². The van der Waals surface area contributed by atoms with E-state index >= 15 is 0 Å². The molecule has 2 aromatic carbocycles. The molecule has 1 aliphatic carbocycles. The van der Waals surface area contributed by atoms with Gasteiger partial charge in [0.1, 0.15) is 11.6 Å². The van der Waals surface area contributed by atoms with E-state index < -0.39 is 0 Å². The molecule has 1 saturated heterocycles. The van der Waals surface area contributed by atoms with Gasteiger partial charge in [-0.1, -0.05) is 18.2 Å². The predicted octanol–water partition coefficient (Wildman–Crippen LogP) is 4.01. The fraction of sp³-hybridized carbons (Fsp3) is 0.407. The second kappa shape index (κ2) is 10.5. The predicted molar refractivity (Wildman–Crippen MR) is 133 cm³/mol. The van der Waals surface area contributed by atoms with Crippen molar-refractivity contribution in [2.75, 3.05) is 43.4 Å². The number of piperazine rings is 1. The van der Waals surface area contributed by atoms with Crippen LogP contribution in [0.15, 0.2) is 54.2 Å². The van der Waals surface area contributed by atoms with Crippen LogP contribution in [0.2, 0.25) is 0 Å². The summed E-state index contributed by atoms with van der Waals surface area (Å²) in [6, 6.07) is 16.4. The van der Waals surface area contributed by atoms with Gasteiger partial charge in [0.15, 0.2) is 0 Å². The molecule has 2 aliphatic rings. The van der Waals surface area contributed by atoms with Gasteiger partial charge in [0.2, 0.25) is 0 Å². The summed E-state index contributed by atoms with van der Waals surface area (Å²) in [6.45, 7) is 6.12. The van der Waals surface area contributed by atoms with Crippen LogP contribution in [0, 0.1) is 11.3 Å². The Labute approximate surface area is 196 Å². The van der Waals surface area contributed by atoms with Gasteiger partial charge in [0.25, 0.3) is 5.91 Å². The standard InChI is InChI=1S/C27H33N5O/c1-20(22-8-7-21-5-3-4-6-23(21)17-22)30-27(33)24(18-28)19-29-25-9-11-26(12-10-25)32-15-13-31(2)14-16-32/h7-12,17,19-20,29H,3-6,13-16H2,1-2H3,(H,30,33)/b24-19-. The lowest BCUT2D eigenvalue weighted by Gasteiger charge is -2.34. The van der Waals surface area contributed by atoms with E-state index in [-0.39, 0.29) is 17.5 Å². The van der Waals surface area contributed by atoms with Gasteiger partial charge in [-0.3, -0.25) is 4.79 Å². The van der Waals surface area contributed by atoms with Gasteiger partial charge in [0.05, 0.1) is 6.04 Å². The number of benzene rings is 2. The molecule has 0 saturated carbocycles. The Kier molecular flexibility index (Phi) is 7.31. The first kappa shape index (κ1) is 22.9. The Morgan fingerprint density at radius 1 is 1.03 bits per heavy atom. The van der Waals surface area contributed by atoms with Crippen molar-refractivity contribution in [1.82, 2.24) is 10.2 Å². The number of carbonyl (C=O) groups is 1. The molecular weight excluding hydrogens is 410 g/mol. The molecule has 172 valence electrons. The van der Waals surface area contributed by atoms with Gasteiger partial charge in [-0.15, -0.1) is 0 Å². The number of rotatable bonds is 6. The summed E-state index contributed by atoms with van der Waals surface area (Å²) in [5.74, 6) is -0.371. The summed E-state index contributed by atoms with van der Waals surface area (Å²) < 4.78 is 0. The van der Waals surface area contributed by atoms with Crippen LogP contribution in [0.5, 0.6) is 0 Å². The van der Waals surface area contributed by atoms with Crippen LogP contribution in [0.25, 0.3) is 0 Å². The van der Waals surface area contributed by atoms with E-state index in [4.69, 9.17) is 0 Å². The molecule has 33 heavy (non-hydrogen) atoms. The molecule has 1 unspecified atom stereocenters. The maximum Gasteiger partial charge on any atom is 0.263 e. The highest BCUT2D eigenvalue weighted by molar-refractivity contribution is 5.97. The van der Waals surface area contributed by atoms with E-state index in [1.165, 1.54) is 35.9 Å². The molecule has 1 amide bonds. The van der Waals surface area contributed by atoms with Gasteiger partial charge in [0, 0.05) is 43.8 Å². The topological polar surface area (TPSA) is 71.4 Å². The number of fused-ring (bicyclic) bond motifs is 1. The van der Waals surface area contributed by atoms with E-state index in [0.717, 1.165) is 50.3 Å². The minimum Gasteiger partial charge on any atom is -0.369 e. The highest BCUT2D eigenvalue weighted by Crippen LogP contribution is 2.25. The molecule has 4 rings (SSSR count). The van der Waals surface area contributed by atoms with Crippen LogP contribution >= 0.6 is 0 Å². The number of anilines is 2. The fourth-order valence-corrected chi connectivity index (χ4v) is 4.52. The van der Waals surface area contributed by atoms with Crippen LogP contribution < -0.4 is 15.5 Å². The molecule has 1 aliphatic heterocycles. The number of hydrogen-bond donors (Lipinski definition) is 2. The molecule has 2 aromatic rings. The van der Waals surface area contributed by atoms with Crippen LogP contribution in [0.3, 0.4) is 0 Å². The first-order chi connectivity index (χ1) is 16.0. The van der Waals surface area contributed by atoms with Crippen LogP contribution in [-0.2, 0) is 17.6 Å². The summed E-state index contributed by atoms with van der Waals surface area (Å²) in [4.78, 5) is 17.4. The number of nitrogens with one attached hydrogen (secondary N) is 2. The third-order valence-corrected chi connectivity index (χ3v) is 6.70. The van der Waals surface area contributed by atoms with E-state index in [2.05, 4.69) is 57.8 Å². The average molecular weight is 444 g/mol. The molecule has 6 nitrogen and oxygen atoms in total. The largest absolute Gasteiger partial charge is 0.369 e. The van der Waals surface area contributed by atoms with Crippen molar-refractivity contribution >= 4 is 17.3 Å². The van der Waals surface area contributed by atoms with Gasteiger partial charge >= 0.3 is 0 Å². The summed E-state index contributed by atoms with van der Waals surface area (Å²) in [6.07, 6.45) is 6.20. The first-order valence-electron chi connectivity index (χ1n) is 11.9. The number of hydrogen-bond acceptors (Lipinski definition) is 5. The lowest BCUT2D eigenvalue weighted by atomic mass is 9.89. The highest BCUT2D eigenvalue weighted by Gasteiger charge is 2.17. The number of likely N-dealkylation sites (N-methyl/N-ethyl adjacent to an activating group) is 1. The molecule has 0 bridgehead atoms. The lowest BCUT2D eigenvalue weighted by molar-refractivity contribution is -0.117. The Hall–Kier alpha value is -3.30. The van der Waals surface area contributed by atoms with Crippen molar-refractivity contribution in [2.24, 2.45) is 0 Å². The molecule has 1 atom stereocenters. The highest BCUT2D eigenvalue weighted by atomic mass is 16.1. The molecule has 6 heteroatoms. The van der Waals surface area contributed by atoms with Crippen LogP contribution in [0.1, 0.15) is 42.5 Å². The Morgan fingerprint density at radius 2 is 1.73 bits per heavy atom. The number of nitrogens with zero attached hydrogens (tertiary/aromatic N) is 3. The summed E-state index contributed by atoms with van der Waals surface area (Å²) in [5.41, 5.74) is 5.98. The SMILES string of the molecule is CC(NC(=O)/C(C#N)=C\Nc1ccc(N2CCN(C)CC2)cc1)c1ccc2c(c1)CCCC2. The molecule has 0 radical (unpaired) electrons. The van der Waals surface area contributed by atoms with Crippen molar-refractivity contribution in [3.05, 3.63) is 70.9 Å². The second-order valence-electron chi connectivity index (χ2n) is 9.08. The van der Waals surface area contributed by atoms with Crippen LogP contribution in [-0.4, -0.2) is 44.0 Å². The van der Waals surface area contributed by atoms with Crippen molar-refractivity contribution in [2.45, 2.75) is 38.6 Å². The van der Waals surface area contributed by atoms with E-state index in [9.17, 15) is 10.1 Å². The molecule has 1 fully saturated rings. The van der Waals surface area contributed by atoms with E-state index in [1.807, 2.05) is 25.1 Å². The maximum absolute atomic E-state index is 12.7. The fourth-order valence-electron chi connectivity index (χ4n) is 4.52. The monoisotopic (exact) mass is 443 g/mol. The summed E-state index contributed by atoms with van der Waals surface area (Å²) in [5, 5.41) is 15.6. The zero-order chi connectivity index (χ0) is 23.2. The number of aryl methyl sites for hydroxylation is 2. The minimum absolute atomic E-state index is 0.0583. The smallest absolute Gasteiger partial charge is 0.263 e. The molecule has 2 N–H and O–H groups in total. The quantitative estimate of drug-likeness (QED) is 0.521. The van der Waals surface area contributed by atoms with Crippen molar-refractivity contribution in [3.8, 4) is 6.07 Å². The Bertz CT molecular complexity index is 1050. The zero-order valence-electron chi connectivity index (χ0n) is 19.6. The lowest BCUT2D eigenvalue weighted by Crippen LogP contribution is -2.44. The Morgan fingerprint density at radius 3 is 2.42 bits per heavy atom. The van der Waals surface area contributed by atoms with Gasteiger partial charge in [-0.2, -0.15) is 5.26 Å². The number of nitriles is 1. The van der Waals surface area contributed by atoms with Crippen molar-refractivity contribution < 1.29 is 4.79 Å². The van der Waals surface area contributed by atoms with Gasteiger partial charge in [-0.05, 0) is 80.6 Å². The first-order valence-corrected chi connectivity index (χ1v) is 11.9.